The zero-order valence-corrected chi connectivity index (χ0v) is 10.2. The third-order valence-electron chi connectivity index (χ3n) is 3.26. The summed E-state index contributed by atoms with van der Waals surface area (Å²) in [6, 6.07) is 0.454. The van der Waals surface area contributed by atoms with Gasteiger partial charge < -0.3 is 15.5 Å². The second kappa shape index (κ2) is 4.83. The molecule has 1 fully saturated rings. The molecule has 1 aromatic rings. The molecule has 1 atom stereocenters. The lowest BCUT2D eigenvalue weighted by Crippen LogP contribution is -2.37. The number of likely N-dealkylation sites (tertiary alicyclic amines) is 1. The first-order valence-electron chi connectivity index (χ1n) is 5.77. The van der Waals surface area contributed by atoms with Gasteiger partial charge in [0.2, 0.25) is 5.95 Å². The Balaban J connectivity index is 2.08. The van der Waals surface area contributed by atoms with Crippen LogP contribution < -0.4 is 10.6 Å². The fourth-order valence-corrected chi connectivity index (χ4v) is 2.25. The highest BCUT2D eigenvalue weighted by Crippen LogP contribution is 2.20. The molecule has 0 aliphatic carbocycles. The lowest BCUT2D eigenvalue weighted by atomic mass is 10.2. The van der Waals surface area contributed by atoms with Gasteiger partial charge >= 0.3 is 0 Å². The van der Waals surface area contributed by atoms with Gasteiger partial charge in [-0.2, -0.15) is 4.98 Å². The monoisotopic (exact) mass is 239 g/mol. The number of hydrogen-bond acceptors (Lipinski definition) is 5. The first-order valence-corrected chi connectivity index (χ1v) is 5.77. The minimum Gasteiger partial charge on any atom is -0.368 e. The van der Waals surface area contributed by atoms with Crippen molar-refractivity contribution in [2.45, 2.75) is 18.9 Å². The van der Waals surface area contributed by atoms with Crippen LogP contribution in [0.2, 0.25) is 0 Å². The molecular weight excluding hydrogens is 221 g/mol. The molecule has 6 heteroatoms. The van der Waals surface area contributed by atoms with Crippen molar-refractivity contribution in [1.29, 1.82) is 0 Å². The van der Waals surface area contributed by atoms with Crippen LogP contribution in [0.3, 0.4) is 0 Å². The summed E-state index contributed by atoms with van der Waals surface area (Å²) in [6.45, 7) is 1.86. The summed E-state index contributed by atoms with van der Waals surface area (Å²) in [6.07, 6.45) is 3.46. The van der Waals surface area contributed by atoms with Gasteiger partial charge in [-0.3, -0.25) is 0 Å². The molecule has 5 nitrogen and oxygen atoms in total. The van der Waals surface area contributed by atoms with E-state index in [1.54, 1.807) is 4.90 Å². The number of nitrogens with two attached hydrogens (primary N) is 1. The summed E-state index contributed by atoms with van der Waals surface area (Å²) in [5.41, 5.74) is 5.47. The van der Waals surface area contributed by atoms with Gasteiger partial charge in [-0.1, -0.05) is 0 Å². The van der Waals surface area contributed by atoms with Crippen LogP contribution in [0, 0.1) is 5.82 Å². The Labute approximate surface area is 100 Å². The van der Waals surface area contributed by atoms with Gasteiger partial charge in [0.15, 0.2) is 11.6 Å². The van der Waals surface area contributed by atoms with Gasteiger partial charge in [-0.15, -0.1) is 0 Å². The smallest absolute Gasteiger partial charge is 0.222 e. The lowest BCUT2D eigenvalue weighted by molar-refractivity contribution is 0.313. The summed E-state index contributed by atoms with van der Waals surface area (Å²) >= 11 is 0. The third-order valence-corrected chi connectivity index (χ3v) is 3.26. The number of rotatable bonds is 3. The first-order chi connectivity index (χ1) is 8.08. The van der Waals surface area contributed by atoms with Gasteiger partial charge in [-0.25, -0.2) is 9.37 Å². The third kappa shape index (κ3) is 2.63. The van der Waals surface area contributed by atoms with E-state index in [0.717, 1.165) is 25.7 Å². The van der Waals surface area contributed by atoms with Crippen LogP contribution >= 0.6 is 0 Å². The molecule has 17 heavy (non-hydrogen) atoms. The van der Waals surface area contributed by atoms with Gasteiger partial charge in [0.05, 0.1) is 6.20 Å². The highest BCUT2D eigenvalue weighted by Gasteiger charge is 2.23. The van der Waals surface area contributed by atoms with E-state index in [4.69, 9.17) is 5.73 Å². The van der Waals surface area contributed by atoms with E-state index in [1.807, 2.05) is 7.05 Å². The Hall–Kier alpha value is -1.43. The van der Waals surface area contributed by atoms with E-state index >= 15 is 0 Å². The lowest BCUT2D eigenvalue weighted by Gasteiger charge is -2.26. The van der Waals surface area contributed by atoms with Crippen LogP contribution in [0.15, 0.2) is 6.20 Å². The quantitative estimate of drug-likeness (QED) is 0.842. The average molecular weight is 239 g/mol. The molecule has 0 bridgehead atoms. The maximum atomic E-state index is 13.6. The molecule has 0 saturated carbocycles. The Morgan fingerprint density at radius 2 is 2.41 bits per heavy atom. The molecule has 2 heterocycles. The second-order valence-electron chi connectivity index (χ2n) is 4.56. The van der Waals surface area contributed by atoms with Gasteiger partial charge in [-0.05, 0) is 26.4 Å². The summed E-state index contributed by atoms with van der Waals surface area (Å²) in [5.74, 6) is -0.0480. The van der Waals surface area contributed by atoms with Crippen molar-refractivity contribution in [1.82, 2.24) is 14.9 Å². The predicted octanol–water partition coefficient (Wildman–Crippen LogP) is 0.728. The summed E-state index contributed by atoms with van der Waals surface area (Å²) < 4.78 is 13.6. The zero-order valence-electron chi connectivity index (χ0n) is 10.2. The van der Waals surface area contributed by atoms with Crippen LogP contribution in [-0.2, 0) is 0 Å². The summed E-state index contributed by atoms with van der Waals surface area (Å²) in [4.78, 5) is 11.7. The Morgan fingerprint density at radius 3 is 3.06 bits per heavy atom. The van der Waals surface area contributed by atoms with Crippen LogP contribution in [0.1, 0.15) is 12.8 Å². The minimum absolute atomic E-state index is 0.105. The Bertz CT molecular complexity index is 397. The second-order valence-corrected chi connectivity index (χ2v) is 4.56. The molecule has 1 aliphatic rings. The topological polar surface area (TPSA) is 58.3 Å². The summed E-state index contributed by atoms with van der Waals surface area (Å²) in [5, 5.41) is 0. The SMILES string of the molecule is CN(CC1CCCN1C)c1nc(N)ncc1F. The molecular formula is C11H18FN5. The largest absolute Gasteiger partial charge is 0.368 e. The fraction of sp³-hybridized carbons (Fsp3) is 0.636. The van der Waals surface area contributed by atoms with Crippen LogP contribution in [0.5, 0.6) is 0 Å². The first kappa shape index (κ1) is 12.0. The molecule has 1 unspecified atom stereocenters. The van der Waals surface area contributed by atoms with Crippen molar-refractivity contribution in [2.24, 2.45) is 0 Å². The number of halogens is 1. The summed E-state index contributed by atoms with van der Waals surface area (Å²) in [7, 11) is 3.92. The van der Waals surface area contributed by atoms with Crippen molar-refractivity contribution >= 4 is 11.8 Å². The molecule has 0 spiro atoms. The number of aromatic nitrogens is 2. The number of likely N-dealkylation sites (N-methyl/N-ethyl adjacent to an activating group) is 2. The molecule has 0 radical (unpaired) electrons. The van der Waals surface area contributed by atoms with E-state index in [1.165, 1.54) is 6.42 Å². The van der Waals surface area contributed by atoms with Crippen molar-refractivity contribution in [3.05, 3.63) is 12.0 Å². The number of nitrogens with zero attached hydrogens (tertiary/aromatic N) is 4. The van der Waals surface area contributed by atoms with Crippen molar-refractivity contribution in [3.63, 3.8) is 0 Å². The molecule has 1 aromatic heterocycles. The van der Waals surface area contributed by atoms with E-state index in [9.17, 15) is 4.39 Å². The molecule has 0 aromatic carbocycles. The Morgan fingerprint density at radius 1 is 1.65 bits per heavy atom. The number of nitrogen functional groups attached to an aromatic ring is 1. The van der Waals surface area contributed by atoms with E-state index in [-0.39, 0.29) is 11.8 Å². The van der Waals surface area contributed by atoms with Gasteiger partial charge in [0.1, 0.15) is 0 Å². The van der Waals surface area contributed by atoms with Crippen molar-refractivity contribution in [3.8, 4) is 0 Å². The highest BCUT2D eigenvalue weighted by molar-refractivity contribution is 5.41. The van der Waals surface area contributed by atoms with Crippen LogP contribution in [0.25, 0.3) is 0 Å². The molecule has 94 valence electrons. The zero-order chi connectivity index (χ0) is 12.4. The fourth-order valence-electron chi connectivity index (χ4n) is 2.25. The predicted molar refractivity (Wildman–Crippen MR) is 65.3 cm³/mol. The highest BCUT2D eigenvalue weighted by atomic mass is 19.1. The average Bonchev–Trinajstić information content (AvgIpc) is 2.68. The maximum Gasteiger partial charge on any atom is 0.222 e. The van der Waals surface area contributed by atoms with Crippen LogP contribution in [0.4, 0.5) is 16.2 Å². The molecule has 1 saturated heterocycles. The van der Waals surface area contributed by atoms with Gasteiger partial charge in [0.25, 0.3) is 0 Å². The van der Waals surface area contributed by atoms with Gasteiger partial charge in [0, 0.05) is 19.6 Å². The molecule has 2 N–H and O–H groups in total. The van der Waals surface area contributed by atoms with Crippen molar-refractivity contribution in [2.75, 3.05) is 37.8 Å². The number of hydrogen-bond donors (Lipinski definition) is 1. The number of anilines is 2. The van der Waals surface area contributed by atoms with E-state index in [0.29, 0.717) is 6.04 Å². The minimum atomic E-state index is -0.428. The molecule has 2 rings (SSSR count). The van der Waals surface area contributed by atoms with E-state index in [2.05, 4.69) is 21.9 Å². The maximum absolute atomic E-state index is 13.6. The van der Waals surface area contributed by atoms with Crippen molar-refractivity contribution < 1.29 is 4.39 Å². The van der Waals surface area contributed by atoms with E-state index < -0.39 is 5.82 Å². The molecule has 0 amide bonds. The normalized spacial score (nSPS) is 20.8. The molecule has 1 aliphatic heterocycles. The van der Waals surface area contributed by atoms with Crippen LogP contribution in [-0.4, -0.2) is 48.1 Å². The Kier molecular flexibility index (Phi) is 3.42. The standard InChI is InChI=1S/C11H18FN5/c1-16-5-3-4-8(16)7-17(2)10-9(12)6-14-11(13)15-10/h6,8H,3-5,7H2,1-2H3,(H2,13,14,15).